The summed E-state index contributed by atoms with van der Waals surface area (Å²) in [6.45, 7) is 0. The minimum Gasteiger partial charge on any atom is -0.399 e. The number of hydrogen-bond acceptors (Lipinski definition) is 4. The number of benzene rings is 1. The van der Waals surface area contributed by atoms with Crippen LogP contribution < -0.4 is 16.0 Å². The molecule has 25 heavy (non-hydrogen) atoms. The van der Waals surface area contributed by atoms with Gasteiger partial charge in [-0.05, 0) is 54.7 Å². The number of hydrogen-bond donors (Lipinski definition) is 2. The molecule has 0 fully saturated rings. The van der Waals surface area contributed by atoms with E-state index >= 15 is 0 Å². The molecule has 0 aliphatic heterocycles. The Kier molecular flexibility index (Phi) is 7.52. The van der Waals surface area contributed by atoms with E-state index in [4.69, 9.17) is 5.73 Å². The van der Waals surface area contributed by atoms with Gasteiger partial charge >= 0.3 is 0 Å². The van der Waals surface area contributed by atoms with Crippen molar-refractivity contribution < 1.29 is 4.79 Å². The highest BCUT2D eigenvalue weighted by Gasteiger charge is 2.22. The first-order valence-corrected chi connectivity index (χ1v) is 7.87. The van der Waals surface area contributed by atoms with Crippen molar-refractivity contribution in [2.45, 2.75) is 25.3 Å². The van der Waals surface area contributed by atoms with E-state index in [9.17, 15) is 4.79 Å². The fourth-order valence-electron chi connectivity index (χ4n) is 3.01. The van der Waals surface area contributed by atoms with Crippen LogP contribution in [0.25, 0.3) is 0 Å². The van der Waals surface area contributed by atoms with Gasteiger partial charge in [-0.2, -0.15) is 0 Å². The number of amides is 1. The summed E-state index contributed by atoms with van der Waals surface area (Å²) in [5, 5.41) is 3.13. The van der Waals surface area contributed by atoms with Crippen LogP contribution in [-0.2, 0) is 6.42 Å². The molecule has 1 aromatic heterocycles. The first-order valence-electron chi connectivity index (χ1n) is 7.87. The summed E-state index contributed by atoms with van der Waals surface area (Å²) in [5.41, 5.74) is 9.63. The van der Waals surface area contributed by atoms with Crippen LogP contribution in [0.5, 0.6) is 0 Å². The molecule has 0 bridgehead atoms. The Morgan fingerprint density at radius 1 is 1.24 bits per heavy atom. The van der Waals surface area contributed by atoms with Crippen molar-refractivity contribution in [2.75, 3.05) is 24.7 Å². The molecule has 0 spiro atoms. The summed E-state index contributed by atoms with van der Waals surface area (Å²) in [6.07, 6.45) is 4.65. The molecule has 1 aliphatic carbocycles. The number of fused-ring (bicyclic) bond motifs is 1. The maximum Gasteiger partial charge on any atom is 0.253 e. The fourth-order valence-corrected chi connectivity index (χ4v) is 3.01. The van der Waals surface area contributed by atoms with Gasteiger partial charge in [0.05, 0.1) is 11.6 Å². The molecule has 7 heteroatoms. The van der Waals surface area contributed by atoms with Gasteiger partial charge in [0, 0.05) is 26.0 Å². The lowest BCUT2D eigenvalue weighted by Gasteiger charge is -2.26. The minimum absolute atomic E-state index is 0. The number of aromatic nitrogens is 1. The van der Waals surface area contributed by atoms with Crippen molar-refractivity contribution in [2.24, 2.45) is 0 Å². The van der Waals surface area contributed by atoms with Gasteiger partial charge in [-0.3, -0.25) is 4.79 Å². The fraction of sp³-hybridized carbons (Fsp3) is 0.333. The van der Waals surface area contributed by atoms with E-state index < -0.39 is 0 Å². The molecule has 1 heterocycles. The minimum atomic E-state index is -0.0857. The van der Waals surface area contributed by atoms with E-state index in [1.165, 1.54) is 11.1 Å². The zero-order valence-electron chi connectivity index (χ0n) is 14.4. The second-order valence-corrected chi connectivity index (χ2v) is 6.18. The number of nitrogens with two attached hydrogens (primary N) is 1. The molecule has 3 rings (SSSR count). The summed E-state index contributed by atoms with van der Waals surface area (Å²) < 4.78 is 0. The van der Waals surface area contributed by atoms with E-state index in [-0.39, 0.29) is 36.8 Å². The molecular weight excluding hydrogens is 359 g/mol. The average molecular weight is 383 g/mol. The highest BCUT2D eigenvalue weighted by molar-refractivity contribution is 5.94. The summed E-state index contributed by atoms with van der Waals surface area (Å²) in [7, 11) is 3.85. The number of rotatable bonds is 3. The molecule has 1 aromatic carbocycles. The Morgan fingerprint density at radius 3 is 2.64 bits per heavy atom. The number of aryl methyl sites for hydroxylation is 1. The number of pyridine rings is 1. The lowest BCUT2D eigenvalue weighted by molar-refractivity contribution is 0.0932. The molecule has 0 radical (unpaired) electrons. The van der Waals surface area contributed by atoms with Crippen LogP contribution in [0, 0.1) is 0 Å². The van der Waals surface area contributed by atoms with Crippen LogP contribution in [-0.4, -0.2) is 25.0 Å². The van der Waals surface area contributed by atoms with Crippen molar-refractivity contribution >= 4 is 42.2 Å². The number of nitrogens with zero attached hydrogens (tertiary/aromatic N) is 2. The molecule has 1 aliphatic rings. The zero-order chi connectivity index (χ0) is 16.4. The van der Waals surface area contributed by atoms with Crippen LogP contribution >= 0.6 is 24.8 Å². The third kappa shape index (κ3) is 4.77. The highest BCUT2D eigenvalue weighted by Crippen LogP contribution is 2.31. The maximum atomic E-state index is 12.5. The first-order chi connectivity index (χ1) is 11.0. The normalized spacial score (nSPS) is 15.2. The number of halogens is 2. The topological polar surface area (TPSA) is 71.2 Å². The monoisotopic (exact) mass is 382 g/mol. The van der Waals surface area contributed by atoms with E-state index in [1.807, 2.05) is 49.3 Å². The number of nitrogen functional groups attached to an aromatic ring is 1. The van der Waals surface area contributed by atoms with E-state index in [1.54, 1.807) is 6.20 Å². The number of carbonyl (C=O) groups excluding carboxylic acids is 1. The maximum absolute atomic E-state index is 12.5. The third-order valence-electron chi connectivity index (χ3n) is 4.25. The van der Waals surface area contributed by atoms with Crippen LogP contribution in [0.1, 0.15) is 40.4 Å². The summed E-state index contributed by atoms with van der Waals surface area (Å²) in [6, 6.07) is 9.65. The molecular formula is C18H24Cl2N4O. The van der Waals surface area contributed by atoms with Gasteiger partial charge in [-0.1, -0.05) is 6.07 Å². The second kappa shape index (κ2) is 8.92. The second-order valence-electron chi connectivity index (χ2n) is 6.18. The van der Waals surface area contributed by atoms with E-state index in [2.05, 4.69) is 10.3 Å². The van der Waals surface area contributed by atoms with Gasteiger partial charge < -0.3 is 16.0 Å². The SMILES string of the molecule is CN(C)c1ccc(C(=O)NC2CCCc3cc(N)ccc32)cn1.Cl.Cl. The van der Waals surface area contributed by atoms with Crippen molar-refractivity contribution in [1.29, 1.82) is 0 Å². The van der Waals surface area contributed by atoms with Gasteiger partial charge in [-0.25, -0.2) is 4.98 Å². The first kappa shape index (κ1) is 21.1. The molecule has 5 nitrogen and oxygen atoms in total. The zero-order valence-corrected chi connectivity index (χ0v) is 16.0. The van der Waals surface area contributed by atoms with Gasteiger partial charge in [0.15, 0.2) is 0 Å². The lowest BCUT2D eigenvalue weighted by Crippen LogP contribution is -2.31. The molecule has 1 amide bonds. The molecule has 136 valence electrons. The largest absolute Gasteiger partial charge is 0.399 e. The van der Waals surface area contributed by atoms with Crippen molar-refractivity contribution in [1.82, 2.24) is 10.3 Å². The Hall–Kier alpha value is -1.98. The molecule has 3 N–H and O–H groups in total. The van der Waals surface area contributed by atoms with Gasteiger partial charge in [0.2, 0.25) is 0 Å². The van der Waals surface area contributed by atoms with Gasteiger partial charge in [0.25, 0.3) is 5.91 Å². The van der Waals surface area contributed by atoms with Gasteiger partial charge in [0.1, 0.15) is 5.82 Å². The van der Waals surface area contributed by atoms with Crippen molar-refractivity contribution in [3.05, 3.63) is 53.2 Å². The molecule has 0 saturated carbocycles. The Balaban J connectivity index is 0.00000156. The van der Waals surface area contributed by atoms with Crippen molar-refractivity contribution in [3.8, 4) is 0 Å². The lowest BCUT2D eigenvalue weighted by atomic mass is 9.87. The van der Waals surface area contributed by atoms with Crippen LogP contribution in [0.15, 0.2) is 36.5 Å². The Bertz CT molecular complexity index is 720. The third-order valence-corrected chi connectivity index (χ3v) is 4.25. The van der Waals surface area contributed by atoms with Crippen molar-refractivity contribution in [3.63, 3.8) is 0 Å². The van der Waals surface area contributed by atoms with Crippen LogP contribution in [0.3, 0.4) is 0 Å². The predicted molar refractivity (Wildman–Crippen MR) is 107 cm³/mol. The number of nitrogens with one attached hydrogen (secondary N) is 1. The van der Waals surface area contributed by atoms with Gasteiger partial charge in [-0.15, -0.1) is 24.8 Å². The quantitative estimate of drug-likeness (QED) is 0.798. The summed E-state index contributed by atoms with van der Waals surface area (Å²) in [5.74, 6) is 0.748. The molecule has 0 saturated heterocycles. The Labute approximate surface area is 160 Å². The highest BCUT2D eigenvalue weighted by atomic mass is 35.5. The van der Waals surface area contributed by atoms with Crippen LogP contribution in [0.4, 0.5) is 11.5 Å². The summed E-state index contributed by atoms with van der Waals surface area (Å²) >= 11 is 0. The molecule has 2 aromatic rings. The van der Waals surface area contributed by atoms with E-state index in [0.29, 0.717) is 5.56 Å². The molecule has 1 atom stereocenters. The predicted octanol–water partition coefficient (Wildman–Crippen LogP) is 3.38. The Morgan fingerprint density at radius 2 is 2.00 bits per heavy atom. The average Bonchev–Trinajstić information content (AvgIpc) is 2.54. The van der Waals surface area contributed by atoms with Crippen LogP contribution in [0.2, 0.25) is 0 Å². The van der Waals surface area contributed by atoms with E-state index in [0.717, 1.165) is 30.8 Å². The summed E-state index contributed by atoms with van der Waals surface area (Å²) in [4.78, 5) is 18.7. The standard InChI is InChI=1S/C18H22N4O.2ClH/c1-22(2)17-9-6-13(11-20-17)18(23)21-16-5-3-4-12-10-14(19)7-8-15(12)16;;/h6-11,16H,3-5,19H2,1-2H3,(H,21,23);2*1H. The number of anilines is 2. The number of carbonyl (C=O) groups is 1. The smallest absolute Gasteiger partial charge is 0.253 e. The molecule has 1 unspecified atom stereocenters.